The lowest BCUT2D eigenvalue weighted by Crippen LogP contribution is -2.37. The van der Waals surface area contributed by atoms with Crippen LogP contribution in [0.4, 0.5) is 5.69 Å². The minimum absolute atomic E-state index is 0.0154. The molecule has 29 heavy (non-hydrogen) atoms. The maximum atomic E-state index is 13.1. The summed E-state index contributed by atoms with van der Waals surface area (Å²) in [5, 5.41) is 0. The van der Waals surface area contributed by atoms with Crippen LogP contribution in [0.2, 0.25) is 0 Å². The Balaban J connectivity index is 1.46. The van der Waals surface area contributed by atoms with E-state index in [0.717, 1.165) is 21.3 Å². The van der Waals surface area contributed by atoms with Gasteiger partial charge in [-0.1, -0.05) is 36.0 Å². The third-order valence-electron chi connectivity index (χ3n) is 4.50. The van der Waals surface area contributed by atoms with Gasteiger partial charge in [-0.3, -0.25) is 9.78 Å². The molecule has 0 spiro atoms. The van der Waals surface area contributed by atoms with Crippen LogP contribution < -0.4 is 4.90 Å². The van der Waals surface area contributed by atoms with Gasteiger partial charge in [0.15, 0.2) is 4.34 Å². The second kappa shape index (κ2) is 8.76. The molecule has 146 valence electrons. The first-order chi connectivity index (χ1) is 14.1. The molecule has 2 aromatic heterocycles. The average molecular weight is 420 g/mol. The highest BCUT2D eigenvalue weighted by atomic mass is 32.2. The molecule has 0 saturated carbocycles. The molecule has 0 unspecified atom stereocenters. The first-order valence-electron chi connectivity index (χ1n) is 9.43. The number of anilines is 1. The van der Waals surface area contributed by atoms with Crippen molar-refractivity contribution in [1.29, 1.82) is 0 Å². The van der Waals surface area contributed by atoms with Gasteiger partial charge in [0.05, 0.1) is 22.1 Å². The van der Waals surface area contributed by atoms with Gasteiger partial charge in [-0.15, -0.1) is 11.3 Å². The predicted octanol–water partition coefficient (Wildman–Crippen LogP) is 6.04. The third-order valence-corrected chi connectivity index (χ3v) is 6.75. The van der Waals surface area contributed by atoms with Crippen molar-refractivity contribution in [3.63, 3.8) is 0 Å². The van der Waals surface area contributed by atoms with Crippen molar-refractivity contribution < 1.29 is 4.79 Å². The molecule has 0 bridgehead atoms. The van der Waals surface area contributed by atoms with Crippen LogP contribution in [0.5, 0.6) is 0 Å². The standard InChI is InChI=1S/C23H21N3OS2/c1-16(2)26(19-6-5-13-24-14-19)22(27)18-11-9-17(10-12-18)15-28-23-25-20-7-3-4-8-21(20)29-23/h3-14,16H,15H2,1-2H3. The van der Waals surface area contributed by atoms with Gasteiger partial charge in [-0.2, -0.15) is 0 Å². The number of hydrogen-bond donors (Lipinski definition) is 0. The van der Waals surface area contributed by atoms with Crippen molar-refractivity contribution in [2.24, 2.45) is 0 Å². The van der Waals surface area contributed by atoms with Crippen LogP contribution in [0.1, 0.15) is 29.8 Å². The van der Waals surface area contributed by atoms with Crippen LogP contribution in [-0.4, -0.2) is 21.9 Å². The molecule has 6 heteroatoms. The first kappa shape index (κ1) is 19.6. The van der Waals surface area contributed by atoms with Crippen LogP contribution in [0.15, 0.2) is 77.4 Å². The Bertz CT molecular complexity index is 1070. The van der Waals surface area contributed by atoms with Crippen LogP contribution in [0.25, 0.3) is 10.2 Å². The molecule has 0 aliphatic heterocycles. The topological polar surface area (TPSA) is 46.1 Å². The molecule has 0 aliphatic rings. The number of para-hydroxylation sites is 1. The van der Waals surface area contributed by atoms with E-state index in [1.54, 1.807) is 40.4 Å². The molecule has 2 aromatic carbocycles. The number of hydrogen-bond acceptors (Lipinski definition) is 5. The smallest absolute Gasteiger partial charge is 0.258 e. The van der Waals surface area contributed by atoms with Crippen molar-refractivity contribution >= 4 is 44.9 Å². The van der Waals surface area contributed by atoms with Gasteiger partial charge in [0.1, 0.15) is 0 Å². The number of nitrogens with zero attached hydrogens (tertiary/aromatic N) is 3. The average Bonchev–Trinajstić information content (AvgIpc) is 3.16. The zero-order valence-corrected chi connectivity index (χ0v) is 17.9. The fourth-order valence-electron chi connectivity index (χ4n) is 3.09. The summed E-state index contributed by atoms with van der Waals surface area (Å²) in [6.45, 7) is 4.02. The largest absolute Gasteiger partial charge is 0.304 e. The van der Waals surface area contributed by atoms with E-state index in [0.29, 0.717) is 5.56 Å². The fourth-order valence-corrected chi connectivity index (χ4v) is 5.11. The van der Waals surface area contributed by atoms with E-state index in [1.165, 1.54) is 10.3 Å². The van der Waals surface area contributed by atoms with E-state index < -0.39 is 0 Å². The van der Waals surface area contributed by atoms with Gasteiger partial charge in [0.25, 0.3) is 5.91 Å². The highest BCUT2D eigenvalue weighted by molar-refractivity contribution is 8.00. The van der Waals surface area contributed by atoms with Crippen LogP contribution >= 0.6 is 23.1 Å². The summed E-state index contributed by atoms with van der Waals surface area (Å²) < 4.78 is 2.27. The van der Waals surface area contributed by atoms with Crippen molar-refractivity contribution in [2.45, 2.75) is 30.0 Å². The number of aromatic nitrogens is 2. The van der Waals surface area contributed by atoms with Crippen LogP contribution in [0, 0.1) is 0 Å². The Morgan fingerprint density at radius 2 is 1.86 bits per heavy atom. The lowest BCUT2D eigenvalue weighted by molar-refractivity contribution is 0.0980. The maximum Gasteiger partial charge on any atom is 0.258 e. The Labute approximate surface area is 178 Å². The van der Waals surface area contributed by atoms with Crippen molar-refractivity contribution in [2.75, 3.05) is 4.90 Å². The quantitative estimate of drug-likeness (QED) is 0.358. The van der Waals surface area contributed by atoms with Gasteiger partial charge >= 0.3 is 0 Å². The molecule has 2 heterocycles. The lowest BCUT2D eigenvalue weighted by atomic mass is 10.1. The second-order valence-electron chi connectivity index (χ2n) is 6.91. The fraction of sp³-hybridized carbons (Fsp3) is 0.174. The van der Waals surface area contributed by atoms with Gasteiger partial charge in [0.2, 0.25) is 0 Å². The second-order valence-corrected chi connectivity index (χ2v) is 9.17. The van der Waals surface area contributed by atoms with Gasteiger partial charge in [-0.05, 0) is 55.8 Å². The van der Waals surface area contributed by atoms with E-state index in [1.807, 2.05) is 68.4 Å². The summed E-state index contributed by atoms with van der Waals surface area (Å²) >= 11 is 3.44. The summed E-state index contributed by atoms with van der Waals surface area (Å²) in [6.07, 6.45) is 3.44. The number of amides is 1. The minimum atomic E-state index is -0.0154. The Morgan fingerprint density at radius 1 is 1.07 bits per heavy atom. The SMILES string of the molecule is CC(C)N(C(=O)c1ccc(CSc2nc3ccccc3s2)cc1)c1cccnc1. The number of pyridine rings is 1. The molecule has 0 radical (unpaired) electrons. The minimum Gasteiger partial charge on any atom is -0.304 e. The molecular weight excluding hydrogens is 398 g/mol. The summed E-state index contributed by atoms with van der Waals surface area (Å²) in [6, 6.07) is 19.8. The molecule has 0 atom stereocenters. The molecular formula is C23H21N3OS2. The first-order valence-corrected chi connectivity index (χ1v) is 11.2. The monoisotopic (exact) mass is 419 g/mol. The third kappa shape index (κ3) is 4.49. The summed E-state index contributed by atoms with van der Waals surface area (Å²) in [7, 11) is 0. The van der Waals surface area contributed by atoms with Gasteiger partial charge in [0, 0.05) is 23.6 Å². The van der Waals surface area contributed by atoms with Crippen molar-refractivity contribution in [3.8, 4) is 0 Å². The highest BCUT2D eigenvalue weighted by Gasteiger charge is 2.20. The Morgan fingerprint density at radius 3 is 2.55 bits per heavy atom. The van der Waals surface area contributed by atoms with Crippen molar-refractivity contribution in [1.82, 2.24) is 9.97 Å². The molecule has 4 nitrogen and oxygen atoms in total. The van der Waals surface area contributed by atoms with E-state index >= 15 is 0 Å². The molecule has 0 N–H and O–H groups in total. The molecule has 4 aromatic rings. The number of carbonyl (C=O) groups excluding carboxylic acids is 1. The number of thiazole rings is 1. The predicted molar refractivity (Wildman–Crippen MR) is 122 cm³/mol. The normalized spacial score (nSPS) is 11.1. The maximum absolute atomic E-state index is 13.1. The summed E-state index contributed by atoms with van der Waals surface area (Å²) in [5.41, 5.74) is 3.70. The highest BCUT2D eigenvalue weighted by Crippen LogP contribution is 2.31. The number of carbonyl (C=O) groups is 1. The molecule has 0 fully saturated rings. The number of thioether (sulfide) groups is 1. The lowest BCUT2D eigenvalue weighted by Gasteiger charge is -2.26. The number of rotatable bonds is 6. The molecule has 1 amide bonds. The van der Waals surface area contributed by atoms with E-state index in [9.17, 15) is 4.79 Å². The molecule has 4 rings (SSSR count). The van der Waals surface area contributed by atoms with E-state index in [4.69, 9.17) is 0 Å². The van der Waals surface area contributed by atoms with Crippen LogP contribution in [0.3, 0.4) is 0 Å². The van der Waals surface area contributed by atoms with Crippen molar-refractivity contribution in [3.05, 3.63) is 84.2 Å². The van der Waals surface area contributed by atoms with Gasteiger partial charge < -0.3 is 4.90 Å². The molecule has 0 saturated heterocycles. The summed E-state index contributed by atoms with van der Waals surface area (Å²) in [4.78, 5) is 23.6. The Kier molecular flexibility index (Phi) is 5.92. The van der Waals surface area contributed by atoms with Gasteiger partial charge in [-0.25, -0.2) is 4.98 Å². The number of fused-ring (bicyclic) bond motifs is 1. The van der Waals surface area contributed by atoms with Crippen LogP contribution in [-0.2, 0) is 5.75 Å². The molecule has 0 aliphatic carbocycles. The summed E-state index contributed by atoms with van der Waals surface area (Å²) in [5.74, 6) is 0.809. The zero-order valence-electron chi connectivity index (χ0n) is 16.3. The van der Waals surface area contributed by atoms with E-state index in [2.05, 4.69) is 16.0 Å². The van der Waals surface area contributed by atoms with E-state index in [-0.39, 0.29) is 11.9 Å². The zero-order chi connectivity index (χ0) is 20.2. The Hall–Kier alpha value is -2.70. The number of benzene rings is 2.